The monoisotopic (exact) mass is 247 g/mol. The van der Waals surface area contributed by atoms with Gasteiger partial charge >= 0.3 is 5.76 Å². The zero-order chi connectivity index (χ0) is 12.7. The molecule has 3 N–H and O–H groups in total. The maximum Gasteiger partial charge on any atom is 0.417 e. The second-order valence-corrected chi connectivity index (χ2v) is 4.96. The fourth-order valence-corrected chi connectivity index (χ4v) is 2.71. The number of anilines is 2. The van der Waals surface area contributed by atoms with E-state index in [0.717, 1.165) is 12.2 Å². The number of aromatic amines is 1. The largest absolute Gasteiger partial charge is 0.417 e. The Morgan fingerprint density at radius 3 is 3.06 bits per heavy atom. The van der Waals surface area contributed by atoms with Gasteiger partial charge in [-0.15, -0.1) is 0 Å². The van der Waals surface area contributed by atoms with E-state index in [-0.39, 0.29) is 0 Å². The van der Waals surface area contributed by atoms with Gasteiger partial charge in [-0.05, 0) is 32.3 Å². The topological polar surface area (TPSA) is 75.3 Å². The molecule has 1 saturated heterocycles. The van der Waals surface area contributed by atoms with Gasteiger partial charge in [-0.1, -0.05) is 0 Å². The number of hydrogen-bond acceptors (Lipinski definition) is 4. The molecule has 0 amide bonds. The van der Waals surface area contributed by atoms with Gasteiger partial charge < -0.3 is 15.1 Å². The summed E-state index contributed by atoms with van der Waals surface area (Å²) in [6.45, 7) is 3.22. The second-order valence-electron chi connectivity index (χ2n) is 4.96. The number of H-pyrrole nitrogens is 1. The average molecular weight is 247 g/mol. The SMILES string of the molecule is CC1CCCCN1c1cc2[nH]c(=O)oc2cc1N. The molecule has 2 aromatic rings. The summed E-state index contributed by atoms with van der Waals surface area (Å²) in [6.07, 6.45) is 3.63. The molecule has 1 aliphatic heterocycles. The molecular formula is C13H17N3O2. The first-order valence-corrected chi connectivity index (χ1v) is 6.34. The highest BCUT2D eigenvalue weighted by atomic mass is 16.4. The first-order chi connectivity index (χ1) is 8.65. The van der Waals surface area contributed by atoms with Crippen LogP contribution >= 0.6 is 0 Å². The van der Waals surface area contributed by atoms with E-state index in [9.17, 15) is 4.79 Å². The first kappa shape index (κ1) is 11.2. The van der Waals surface area contributed by atoms with Crippen LogP contribution in [0.3, 0.4) is 0 Å². The molecule has 0 saturated carbocycles. The van der Waals surface area contributed by atoms with Gasteiger partial charge in [0.05, 0.1) is 16.9 Å². The Hall–Kier alpha value is -1.91. The third-order valence-electron chi connectivity index (χ3n) is 3.68. The van der Waals surface area contributed by atoms with E-state index in [1.165, 1.54) is 19.3 Å². The molecule has 18 heavy (non-hydrogen) atoms. The predicted octanol–water partition coefficient (Wildman–Crippen LogP) is 2.08. The Balaban J connectivity index is 2.09. The van der Waals surface area contributed by atoms with Crippen LogP contribution in [-0.4, -0.2) is 17.6 Å². The number of benzene rings is 1. The van der Waals surface area contributed by atoms with Crippen molar-refractivity contribution in [2.75, 3.05) is 17.2 Å². The first-order valence-electron chi connectivity index (χ1n) is 6.34. The van der Waals surface area contributed by atoms with Crippen LogP contribution in [0.5, 0.6) is 0 Å². The lowest BCUT2D eigenvalue weighted by molar-refractivity contribution is 0.485. The summed E-state index contributed by atoms with van der Waals surface area (Å²) in [5.74, 6) is -0.437. The molecule has 1 aromatic heterocycles. The fraction of sp³-hybridized carbons (Fsp3) is 0.462. The lowest BCUT2D eigenvalue weighted by atomic mass is 10.0. The third kappa shape index (κ3) is 1.75. The highest BCUT2D eigenvalue weighted by Crippen LogP contribution is 2.32. The Kier molecular flexibility index (Phi) is 2.54. The van der Waals surface area contributed by atoms with Crippen molar-refractivity contribution in [1.82, 2.24) is 4.98 Å². The van der Waals surface area contributed by atoms with Gasteiger partial charge in [0.2, 0.25) is 0 Å². The van der Waals surface area contributed by atoms with Crippen molar-refractivity contribution in [1.29, 1.82) is 0 Å². The number of fused-ring (bicyclic) bond motifs is 1. The average Bonchev–Trinajstić information content (AvgIpc) is 2.68. The number of nitrogen functional groups attached to an aromatic ring is 1. The van der Waals surface area contributed by atoms with Crippen LogP contribution in [-0.2, 0) is 0 Å². The number of oxazole rings is 1. The van der Waals surface area contributed by atoms with Crippen LogP contribution in [0.2, 0.25) is 0 Å². The minimum atomic E-state index is -0.437. The minimum absolute atomic E-state index is 0.437. The van der Waals surface area contributed by atoms with Crippen molar-refractivity contribution < 1.29 is 4.42 Å². The number of hydrogen-bond donors (Lipinski definition) is 2. The van der Waals surface area contributed by atoms with Gasteiger partial charge in [-0.25, -0.2) is 4.79 Å². The maximum atomic E-state index is 11.2. The number of aromatic nitrogens is 1. The summed E-state index contributed by atoms with van der Waals surface area (Å²) >= 11 is 0. The highest BCUT2D eigenvalue weighted by Gasteiger charge is 2.21. The molecule has 1 fully saturated rings. The molecule has 0 spiro atoms. The Morgan fingerprint density at radius 2 is 2.28 bits per heavy atom. The van der Waals surface area contributed by atoms with Crippen LogP contribution in [0.15, 0.2) is 21.3 Å². The summed E-state index contributed by atoms with van der Waals surface area (Å²) in [5.41, 5.74) is 8.96. The van der Waals surface area contributed by atoms with E-state index in [2.05, 4.69) is 16.8 Å². The number of nitrogens with zero attached hydrogens (tertiary/aromatic N) is 1. The zero-order valence-electron chi connectivity index (χ0n) is 10.4. The molecule has 3 rings (SSSR count). The number of piperidine rings is 1. The van der Waals surface area contributed by atoms with Crippen molar-refractivity contribution >= 4 is 22.5 Å². The Morgan fingerprint density at radius 1 is 1.44 bits per heavy atom. The molecule has 5 nitrogen and oxygen atoms in total. The van der Waals surface area contributed by atoms with Crippen LogP contribution < -0.4 is 16.4 Å². The van der Waals surface area contributed by atoms with Crippen LogP contribution in [0.1, 0.15) is 26.2 Å². The van der Waals surface area contributed by atoms with Crippen LogP contribution in [0, 0.1) is 0 Å². The molecule has 0 bridgehead atoms. The second kappa shape index (κ2) is 4.08. The highest BCUT2D eigenvalue weighted by molar-refractivity contribution is 5.85. The quantitative estimate of drug-likeness (QED) is 0.756. The normalized spacial score (nSPS) is 20.5. The van der Waals surface area contributed by atoms with Gasteiger partial charge in [0.25, 0.3) is 0 Å². The van der Waals surface area contributed by atoms with Crippen LogP contribution in [0.4, 0.5) is 11.4 Å². The molecular weight excluding hydrogens is 230 g/mol. The maximum absolute atomic E-state index is 11.2. The van der Waals surface area contributed by atoms with Crippen molar-refractivity contribution in [3.8, 4) is 0 Å². The molecule has 0 radical (unpaired) electrons. The number of nitrogens with two attached hydrogens (primary N) is 1. The van der Waals surface area contributed by atoms with E-state index in [1.54, 1.807) is 6.07 Å². The summed E-state index contributed by atoms with van der Waals surface area (Å²) < 4.78 is 5.01. The van der Waals surface area contributed by atoms with Crippen molar-refractivity contribution in [3.05, 3.63) is 22.7 Å². The van der Waals surface area contributed by atoms with Gasteiger partial charge in [0.15, 0.2) is 5.58 Å². The summed E-state index contributed by atoms with van der Waals surface area (Å²) in [6, 6.07) is 4.12. The van der Waals surface area contributed by atoms with Gasteiger partial charge in [0.1, 0.15) is 0 Å². The molecule has 1 unspecified atom stereocenters. The standard InChI is InChI=1S/C13H17N3O2/c1-8-4-2-3-5-16(8)11-7-10-12(6-9(11)14)18-13(17)15-10/h6-8H,2-5,14H2,1H3,(H,15,17). The summed E-state index contributed by atoms with van der Waals surface area (Å²) in [7, 11) is 0. The van der Waals surface area contributed by atoms with Crippen molar-refractivity contribution in [2.24, 2.45) is 0 Å². The molecule has 1 aliphatic rings. The number of nitrogens with one attached hydrogen (secondary N) is 1. The predicted molar refractivity (Wildman–Crippen MR) is 71.9 cm³/mol. The Bertz CT molecular complexity index is 629. The fourth-order valence-electron chi connectivity index (χ4n) is 2.71. The van der Waals surface area contributed by atoms with Crippen LogP contribution in [0.25, 0.3) is 11.1 Å². The molecule has 96 valence electrons. The molecule has 0 aliphatic carbocycles. The van der Waals surface area contributed by atoms with Crippen molar-refractivity contribution in [2.45, 2.75) is 32.2 Å². The van der Waals surface area contributed by atoms with E-state index in [1.807, 2.05) is 6.07 Å². The van der Waals surface area contributed by atoms with Gasteiger partial charge in [0, 0.05) is 18.7 Å². The molecule has 2 heterocycles. The zero-order valence-corrected chi connectivity index (χ0v) is 10.4. The van der Waals surface area contributed by atoms with E-state index in [4.69, 9.17) is 10.2 Å². The molecule has 5 heteroatoms. The number of rotatable bonds is 1. The van der Waals surface area contributed by atoms with Gasteiger partial charge in [-0.3, -0.25) is 4.98 Å². The van der Waals surface area contributed by atoms with Gasteiger partial charge in [-0.2, -0.15) is 0 Å². The molecule has 1 atom stereocenters. The molecule has 1 aromatic carbocycles. The van der Waals surface area contributed by atoms with E-state index in [0.29, 0.717) is 22.8 Å². The minimum Gasteiger partial charge on any atom is -0.408 e. The van der Waals surface area contributed by atoms with E-state index < -0.39 is 5.76 Å². The smallest absolute Gasteiger partial charge is 0.408 e. The summed E-state index contributed by atoms with van der Waals surface area (Å²) in [4.78, 5) is 16.2. The lowest BCUT2D eigenvalue weighted by Gasteiger charge is -2.36. The van der Waals surface area contributed by atoms with E-state index >= 15 is 0 Å². The third-order valence-corrected chi connectivity index (χ3v) is 3.68. The lowest BCUT2D eigenvalue weighted by Crippen LogP contribution is -2.37. The van der Waals surface area contributed by atoms with Crippen molar-refractivity contribution in [3.63, 3.8) is 0 Å². The Labute approximate surface area is 105 Å². The summed E-state index contributed by atoms with van der Waals surface area (Å²) in [5, 5.41) is 0.